The van der Waals surface area contributed by atoms with Gasteiger partial charge in [0.1, 0.15) is 23.7 Å². The zero-order chi connectivity index (χ0) is 16.4. The second-order valence-electron chi connectivity index (χ2n) is 5.29. The highest BCUT2D eigenvalue weighted by Gasteiger charge is 2.28. The summed E-state index contributed by atoms with van der Waals surface area (Å²) in [7, 11) is 0. The predicted octanol–water partition coefficient (Wildman–Crippen LogP) is 4.46. The van der Waals surface area contributed by atoms with E-state index in [1.165, 1.54) is 6.07 Å². The Hall–Kier alpha value is -2.77. The van der Waals surface area contributed by atoms with Gasteiger partial charge in [-0.2, -0.15) is 5.26 Å². The van der Waals surface area contributed by atoms with Gasteiger partial charge in [0.15, 0.2) is 0 Å². The molecule has 0 amide bonds. The van der Waals surface area contributed by atoms with E-state index in [1.54, 1.807) is 12.1 Å². The van der Waals surface area contributed by atoms with Gasteiger partial charge in [-0.25, -0.2) is 8.78 Å². The zero-order valence-corrected chi connectivity index (χ0v) is 12.1. The Bertz CT molecular complexity index is 881. The summed E-state index contributed by atoms with van der Waals surface area (Å²) in [6, 6.07) is 18.1. The molecule has 0 heterocycles. The quantitative estimate of drug-likeness (QED) is 0.776. The molecule has 3 aromatic rings. The summed E-state index contributed by atoms with van der Waals surface area (Å²) in [5.41, 5.74) is 0.0357. The minimum atomic E-state index is -1.58. The number of nitriles is 1. The summed E-state index contributed by atoms with van der Waals surface area (Å²) in [6.45, 7) is 0. The molecule has 0 fully saturated rings. The first-order chi connectivity index (χ1) is 11.1. The fourth-order valence-corrected chi connectivity index (χ4v) is 2.69. The van der Waals surface area contributed by atoms with Gasteiger partial charge < -0.3 is 5.11 Å². The molecular formula is C19H13F2NO. The molecule has 0 aliphatic carbocycles. The van der Waals surface area contributed by atoms with Crippen molar-refractivity contribution in [2.75, 3.05) is 0 Å². The molecule has 0 spiro atoms. The molecule has 0 bridgehead atoms. The fourth-order valence-electron chi connectivity index (χ4n) is 2.69. The number of halogens is 2. The summed E-state index contributed by atoms with van der Waals surface area (Å²) in [6.07, 6.45) is -1.58. The Kier molecular flexibility index (Phi) is 4.05. The van der Waals surface area contributed by atoms with Crippen LogP contribution in [0.25, 0.3) is 10.8 Å². The normalized spacial score (nSPS) is 13.5. The van der Waals surface area contributed by atoms with Gasteiger partial charge in [-0.05, 0) is 34.5 Å². The molecule has 3 rings (SSSR count). The van der Waals surface area contributed by atoms with E-state index >= 15 is 0 Å². The van der Waals surface area contributed by atoms with Gasteiger partial charge in [0.05, 0.1) is 11.6 Å². The Labute approximate surface area is 132 Å². The number of aliphatic hydroxyl groups excluding tert-OH is 1. The molecule has 0 radical (unpaired) electrons. The zero-order valence-electron chi connectivity index (χ0n) is 12.1. The van der Waals surface area contributed by atoms with Crippen LogP contribution in [-0.4, -0.2) is 5.11 Å². The van der Waals surface area contributed by atoms with Gasteiger partial charge in [-0.1, -0.05) is 42.5 Å². The molecule has 2 nitrogen and oxygen atoms in total. The molecule has 0 aliphatic heterocycles. The topological polar surface area (TPSA) is 44.0 Å². The number of fused-ring (bicyclic) bond motifs is 1. The number of hydrogen-bond acceptors (Lipinski definition) is 2. The molecule has 3 aromatic carbocycles. The molecule has 1 N–H and O–H groups in total. The van der Waals surface area contributed by atoms with E-state index < -0.39 is 29.2 Å². The molecule has 2 atom stereocenters. The summed E-state index contributed by atoms with van der Waals surface area (Å²) in [5.74, 6) is -2.79. The lowest BCUT2D eigenvalue weighted by Gasteiger charge is -2.19. The summed E-state index contributed by atoms with van der Waals surface area (Å²) in [4.78, 5) is 0. The van der Waals surface area contributed by atoms with Crippen LogP contribution in [-0.2, 0) is 0 Å². The molecule has 0 saturated heterocycles. The Morgan fingerprint density at radius 1 is 0.870 bits per heavy atom. The second kappa shape index (κ2) is 6.15. The maximum atomic E-state index is 13.9. The highest BCUT2D eigenvalue weighted by molar-refractivity contribution is 5.83. The van der Waals surface area contributed by atoms with E-state index in [-0.39, 0.29) is 0 Å². The van der Waals surface area contributed by atoms with Crippen molar-refractivity contribution in [1.29, 1.82) is 5.26 Å². The van der Waals surface area contributed by atoms with Gasteiger partial charge in [0.25, 0.3) is 0 Å². The van der Waals surface area contributed by atoms with Crippen LogP contribution in [0.15, 0.2) is 60.7 Å². The molecule has 114 valence electrons. The van der Waals surface area contributed by atoms with Crippen molar-refractivity contribution in [3.05, 3.63) is 83.4 Å². The van der Waals surface area contributed by atoms with Crippen LogP contribution in [0, 0.1) is 23.0 Å². The Morgan fingerprint density at radius 2 is 1.52 bits per heavy atom. The molecule has 4 heteroatoms. The molecule has 0 unspecified atom stereocenters. The lowest BCUT2D eigenvalue weighted by Crippen LogP contribution is -2.13. The van der Waals surface area contributed by atoms with Crippen LogP contribution in [0.5, 0.6) is 0 Å². The van der Waals surface area contributed by atoms with Crippen molar-refractivity contribution in [2.45, 2.75) is 12.0 Å². The van der Waals surface area contributed by atoms with Crippen LogP contribution in [0.2, 0.25) is 0 Å². The van der Waals surface area contributed by atoms with Gasteiger partial charge >= 0.3 is 0 Å². The standard InChI is InChI=1S/C19H13F2NO/c20-16-6-3-7-17(21)18(16)19(23)15(11-22)14-9-8-12-4-1-2-5-13(12)10-14/h1-10,15,19,23H/t15-,19+/m1/s1. The Morgan fingerprint density at radius 3 is 2.17 bits per heavy atom. The fraction of sp³-hybridized carbons (Fsp3) is 0.105. The van der Waals surface area contributed by atoms with Gasteiger partial charge in [-0.15, -0.1) is 0 Å². The average molecular weight is 309 g/mol. The summed E-state index contributed by atoms with van der Waals surface area (Å²) < 4.78 is 27.7. The van der Waals surface area contributed by atoms with Crippen molar-refractivity contribution in [3.63, 3.8) is 0 Å². The van der Waals surface area contributed by atoms with Gasteiger partial charge in [0.2, 0.25) is 0 Å². The highest BCUT2D eigenvalue weighted by atomic mass is 19.1. The molecular weight excluding hydrogens is 296 g/mol. The molecule has 0 aromatic heterocycles. The molecule has 0 saturated carbocycles. The van der Waals surface area contributed by atoms with Crippen LogP contribution in [0.3, 0.4) is 0 Å². The SMILES string of the molecule is N#C[C@H](c1ccc2ccccc2c1)[C@H](O)c1c(F)cccc1F. The largest absolute Gasteiger partial charge is 0.386 e. The van der Waals surface area contributed by atoms with Crippen LogP contribution in [0.4, 0.5) is 8.78 Å². The number of nitrogens with zero attached hydrogens (tertiary/aromatic N) is 1. The highest BCUT2D eigenvalue weighted by Crippen LogP contribution is 2.34. The first-order valence-corrected chi connectivity index (χ1v) is 7.12. The lowest BCUT2D eigenvalue weighted by molar-refractivity contribution is 0.154. The number of rotatable bonds is 3. The van der Waals surface area contributed by atoms with E-state index in [0.717, 1.165) is 22.9 Å². The smallest absolute Gasteiger partial charge is 0.132 e. The minimum absolute atomic E-state index is 0.479. The first kappa shape index (κ1) is 15.1. The van der Waals surface area contributed by atoms with Crippen molar-refractivity contribution >= 4 is 10.8 Å². The first-order valence-electron chi connectivity index (χ1n) is 7.12. The second-order valence-corrected chi connectivity index (χ2v) is 5.29. The minimum Gasteiger partial charge on any atom is -0.386 e. The maximum Gasteiger partial charge on any atom is 0.132 e. The van der Waals surface area contributed by atoms with Crippen molar-refractivity contribution in [3.8, 4) is 6.07 Å². The third-order valence-electron chi connectivity index (χ3n) is 3.88. The van der Waals surface area contributed by atoms with Gasteiger partial charge in [-0.3, -0.25) is 0 Å². The summed E-state index contributed by atoms with van der Waals surface area (Å²) in [5, 5.41) is 21.7. The molecule has 23 heavy (non-hydrogen) atoms. The van der Waals surface area contributed by atoms with E-state index in [9.17, 15) is 19.1 Å². The van der Waals surface area contributed by atoms with E-state index in [2.05, 4.69) is 0 Å². The number of benzene rings is 3. The van der Waals surface area contributed by atoms with E-state index in [1.807, 2.05) is 36.4 Å². The van der Waals surface area contributed by atoms with Crippen molar-refractivity contribution in [1.82, 2.24) is 0 Å². The third-order valence-corrected chi connectivity index (χ3v) is 3.88. The van der Waals surface area contributed by atoms with Gasteiger partial charge in [0, 0.05) is 0 Å². The van der Waals surface area contributed by atoms with E-state index in [0.29, 0.717) is 5.56 Å². The lowest BCUT2D eigenvalue weighted by atomic mass is 9.88. The maximum absolute atomic E-state index is 13.9. The Balaban J connectivity index is 2.06. The average Bonchev–Trinajstić information content (AvgIpc) is 2.55. The van der Waals surface area contributed by atoms with Crippen LogP contribution < -0.4 is 0 Å². The third kappa shape index (κ3) is 2.79. The monoisotopic (exact) mass is 309 g/mol. The number of hydrogen-bond donors (Lipinski definition) is 1. The van der Waals surface area contributed by atoms with E-state index in [4.69, 9.17) is 0 Å². The van der Waals surface area contributed by atoms with Crippen LogP contribution in [0.1, 0.15) is 23.1 Å². The van der Waals surface area contributed by atoms with Crippen LogP contribution >= 0.6 is 0 Å². The van der Waals surface area contributed by atoms with Crippen molar-refractivity contribution in [2.24, 2.45) is 0 Å². The number of aliphatic hydroxyl groups is 1. The summed E-state index contributed by atoms with van der Waals surface area (Å²) >= 11 is 0. The predicted molar refractivity (Wildman–Crippen MR) is 83.6 cm³/mol. The van der Waals surface area contributed by atoms with Crippen molar-refractivity contribution < 1.29 is 13.9 Å². The molecule has 0 aliphatic rings.